The van der Waals surface area contributed by atoms with Crippen molar-refractivity contribution in [1.82, 2.24) is 5.32 Å². The number of hydrogen-bond acceptors (Lipinski definition) is 1. The van der Waals surface area contributed by atoms with Crippen LogP contribution in [0.2, 0.25) is 0 Å². The van der Waals surface area contributed by atoms with Crippen molar-refractivity contribution in [3.8, 4) is 0 Å². The predicted octanol–water partition coefficient (Wildman–Crippen LogP) is 4.71. The Morgan fingerprint density at radius 1 is 0.920 bits per heavy atom. The van der Waals surface area contributed by atoms with E-state index in [-0.39, 0.29) is 5.91 Å². The molecule has 1 N–H and O–H groups in total. The molecule has 2 nitrogen and oxygen atoms in total. The third-order valence-corrected chi connectivity index (χ3v) is 7.06. The van der Waals surface area contributed by atoms with Crippen molar-refractivity contribution in [2.45, 2.75) is 44.9 Å². The lowest BCUT2D eigenvalue weighted by molar-refractivity contribution is -0.122. The summed E-state index contributed by atoms with van der Waals surface area (Å²) in [6.07, 6.45) is 8.94. The Kier molecular flexibility index (Phi) is 3.62. The van der Waals surface area contributed by atoms with Gasteiger partial charge in [0.2, 0.25) is 5.91 Å². The molecule has 4 fully saturated rings. The number of carbonyl (C=O) groups is 1. The van der Waals surface area contributed by atoms with Crippen molar-refractivity contribution < 1.29 is 4.79 Å². The highest BCUT2D eigenvalue weighted by molar-refractivity contribution is 5.90. The van der Waals surface area contributed by atoms with Crippen LogP contribution in [0.4, 0.5) is 0 Å². The molecule has 0 atom stereocenters. The highest BCUT2D eigenvalue weighted by atomic mass is 16.1. The molecule has 4 saturated carbocycles. The quantitative estimate of drug-likeness (QED) is 0.862. The van der Waals surface area contributed by atoms with E-state index in [0.29, 0.717) is 11.8 Å². The maximum atomic E-state index is 12.6. The standard InChI is InChI=1S/C23H27NO/c25-22(11-20-6-3-5-19-4-1-2-7-21(19)20)24-15-23-12-16-8-17(13-23)10-18(9-16)14-23/h1-7,16-18H,8-15H2,(H,24,25). The molecular weight excluding hydrogens is 306 g/mol. The van der Waals surface area contributed by atoms with Crippen LogP contribution in [-0.4, -0.2) is 12.5 Å². The number of hydrogen-bond donors (Lipinski definition) is 1. The van der Waals surface area contributed by atoms with Gasteiger partial charge >= 0.3 is 0 Å². The maximum absolute atomic E-state index is 12.6. The van der Waals surface area contributed by atoms with Crippen molar-refractivity contribution in [1.29, 1.82) is 0 Å². The second kappa shape index (κ2) is 5.86. The van der Waals surface area contributed by atoms with Crippen LogP contribution in [0, 0.1) is 23.2 Å². The van der Waals surface area contributed by atoms with E-state index in [0.717, 1.165) is 29.9 Å². The number of fused-ring (bicyclic) bond motifs is 1. The van der Waals surface area contributed by atoms with E-state index in [1.54, 1.807) is 0 Å². The highest BCUT2D eigenvalue weighted by Gasteiger charge is 2.50. The summed E-state index contributed by atoms with van der Waals surface area (Å²) in [4.78, 5) is 12.6. The number of rotatable bonds is 4. The topological polar surface area (TPSA) is 29.1 Å². The molecule has 2 heteroatoms. The fraction of sp³-hybridized carbons (Fsp3) is 0.522. The summed E-state index contributed by atoms with van der Waals surface area (Å²) in [5, 5.41) is 5.73. The second-order valence-corrected chi connectivity index (χ2v) is 9.01. The smallest absolute Gasteiger partial charge is 0.224 e. The first-order valence-corrected chi connectivity index (χ1v) is 9.92. The number of nitrogens with one attached hydrogen (secondary N) is 1. The van der Waals surface area contributed by atoms with Crippen LogP contribution < -0.4 is 5.32 Å². The molecule has 4 aliphatic carbocycles. The minimum Gasteiger partial charge on any atom is -0.355 e. The zero-order chi connectivity index (χ0) is 16.9. The molecule has 4 bridgehead atoms. The van der Waals surface area contributed by atoms with E-state index in [1.807, 2.05) is 0 Å². The number of benzene rings is 2. The van der Waals surface area contributed by atoms with Gasteiger partial charge < -0.3 is 5.32 Å². The summed E-state index contributed by atoms with van der Waals surface area (Å²) in [7, 11) is 0. The first-order valence-electron chi connectivity index (χ1n) is 9.92. The van der Waals surface area contributed by atoms with Crippen LogP contribution in [0.1, 0.15) is 44.1 Å². The van der Waals surface area contributed by atoms with Crippen molar-refractivity contribution in [3.63, 3.8) is 0 Å². The summed E-state index contributed by atoms with van der Waals surface area (Å²) < 4.78 is 0. The Bertz CT molecular complexity index is 768. The number of amides is 1. The molecule has 1 amide bonds. The maximum Gasteiger partial charge on any atom is 0.224 e. The summed E-state index contributed by atoms with van der Waals surface area (Å²) >= 11 is 0. The minimum absolute atomic E-state index is 0.187. The lowest BCUT2D eigenvalue weighted by Crippen LogP contribution is -2.51. The molecule has 4 aliphatic rings. The molecule has 0 aliphatic heterocycles. The Hall–Kier alpha value is -1.83. The molecule has 0 aromatic heterocycles. The lowest BCUT2D eigenvalue weighted by Gasteiger charge is -2.56. The van der Waals surface area contributed by atoms with Gasteiger partial charge in [-0.3, -0.25) is 4.79 Å². The molecule has 2 aromatic carbocycles. The highest BCUT2D eigenvalue weighted by Crippen LogP contribution is 2.59. The Labute approximate surface area is 150 Å². The number of carbonyl (C=O) groups excluding carboxylic acids is 1. The van der Waals surface area contributed by atoms with Crippen LogP contribution in [0.5, 0.6) is 0 Å². The van der Waals surface area contributed by atoms with Crippen molar-refractivity contribution in [3.05, 3.63) is 48.0 Å². The van der Waals surface area contributed by atoms with E-state index in [2.05, 4.69) is 47.8 Å². The third kappa shape index (κ3) is 2.86. The van der Waals surface area contributed by atoms with E-state index in [9.17, 15) is 4.79 Å². The van der Waals surface area contributed by atoms with Crippen molar-refractivity contribution in [2.75, 3.05) is 6.54 Å². The minimum atomic E-state index is 0.187. The van der Waals surface area contributed by atoms with Crippen LogP contribution in [0.15, 0.2) is 42.5 Å². The average molecular weight is 333 g/mol. The van der Waals surface area contributed by atoms with Crippen LogP contribution in [0.3, 0.4) is 0 Å². The largest absolute Gasteiger partial charge is 0.355 e. The van der Waals surface area contributed by atoms with Crippen LogP contribution in [-0.2, 0) is 11.2 Å². The van der Waals surface area contributed by atoms with Gasteiger partial charge in [0.25, 0.3) is 0 Å². The normalized spacial score (nSPS) is 32.9. The van der Waals surface area contributed by atoms with Crippen molar-refractivity contribution in [2.24, 2.45) is 23.2 Å². The van der Waals surface area contributed by atoms with Gasteiger partial charge in [0.15, 0.2) is 0 Å². The van der Waals surface area contributed by atoms with E-state index in [1.165, 1.54) is 49.3 Å². The van der Waals surface area contributed by atoms with Gasteiger partial charge in [-0.2, -0.15) is 0 Å². The summed E-state index contributed by atoms with van der Waals surface area (Å²) in [6.45, 7) is 0.903. The van der Waals surface area contributed by atoms with Gasteiger partial charge in [-0.05, 0) is 78.0 Å². The monoisotopic (exact) mass is 333 g/mol. The first-order chi connectivity index (χ1) is 12.2. The summed E-state index contributed by atoms with van der Waals surface area (Å²) in [6, 6.07) is 14.6. The van der Waals surface area contributed by atoms with Gasteiger partial charge in [0.05, 0.1) is 6.42 Å². The summed E-state index contributed by atoms with van der Waals surface area (Å²) in [5.74, 6) is 3.02. The van der Waals surface area contributed by atoms with E-state index < -0.39 is 0 Å². The molecular formula is C23H27NO. The van der Waals surface area contributed by atoms with E-state index in [4.69, 9.17) is 0 Å². The van der Waals surface area contributed by atoms with Gasteiger partial charge in [0, 0.05) is 6.54 Å². The lowest BCUT2D eigenvalue weighted by atomic mass is 9.49. The summed E-state index contributed by atoms with van der Waals surface area (Å²) in [5.41, 5.74) is 1.56. The predicted molar refractivity (Wildman–Crippen MR) is 101 cm³/mol. The molecule has 2 aromatic rings. The zero-order valence-electron chi connectivity index (χ0n) is 14.8. The Balaban J connectivity index is 1.27. The molecule has 6 rings (SSSR count). The first kappa shape index (κ1) is 15.4. The fourth-order valence-electron chi connectivity index (χ4n) is 6.47. The molecule has 130 valence electrons. The molecule has 0 unspecified atom stereocenters. The third-order valence-electron chi connectivity index (χ3n) is 7.06. The van der Waals surface area contributed by atoms with Gasteiger partial charge in [-0.15, -0.1) is 0 Å². The SMILES string of the molecule is O=C(Cc1cccc2ccccc12)NCC12CC3CC(CC(C3)C1)C2. The van der Waals surface area contributed by atoms with Crippen LogP contribution >= 0.6 is 0 Å². The van der Waals surface area contributed by atoms with E-state index >= 15 is 0 Å². The van der Waals surface area contributed by atoms with Gasteiger partial charge in [0.1, 0.15) is 0 Å². The molecule has 25 heavy (non-hydrogen) atoms. The van der Waals surface area contributed by atoms with Crippen molar-refractivity contribution >= 4 is 16.7 Å². The van der Waals surface area contributed by atoms with Gasteiger partial charge in [-0.1, -0.05) is 42.5 Å². The molecule has 0 radical (unpaired) electrons. The molecule has 0 saturated heterocycles. The Morgan fingerprint density at radius 3 is 2.28 bits per heavy atom. The fourth-order valence-corrected chi connectivity index (χ4v) is 6.47. The molecule has 0 spiro atoms. The average Bonchev–Trinajstić information content (AvgIpc) is 2.59. The zero-order valence-corrected chi connectivity index (χ0v) is 14.8. The Morgan fingerprint density at radius 2 is 1.56 bits per heavy atom. The second-order valence-electron chi connectivity index (χ2n) is 9.01. The van der Waals surface area contributed by atoms with Gasteiger partial charge in [-0.25, -0.2) is 0 Å². The molecule has 0 heterocycles. The van der Waals surface area contributed by atoms with Crippen LogP contribution in [0.25, 0.3) is 10.8 Å².